The second-order valence-electron chi connectivity index (χ2n) is 5.14. The molecule has 0 atom stereocenters. The minimum absolute atomic E-state index is 0.351. The van der Waals surface area contributed by atoms with Crippen LogP contribution in [0.5, 0.6) is 0 Å². The summed E-state index contributed by atoms with van der Waals surface area (Å²) in [6.07, 6.45) is 4.99. The van der Waals surface area contributed by atoms with Gasteiger partial charge in [-0.15, -0.1) is 0 Å². The Morgan fingerprint density at radius 2 is 2.30 bits per heavy atom. The molecule has 1 fully saturated rings. The predicted octanol–water partition coefficient (Wildman–Crippen LogP) is 1.06. The normalized spacial score (nSPS) is 16.4. The van der Waals surface area contributed by atoms with Crippen LogP contribution in [0.15, 0.2) is 18.3 Å². The van der Waals surface area contributed by atoms with Gasteiger partial charge in [-0.1, -0.05) is 0 Å². The minimum atomic E-state index is -0.351. The Labute approximate surface area is 117 Å². The highest BCUT2D eigenvalue weighted by Crippen LogP contribution is 2.17. The van der Waals surface area contributed by atoms with Crippen molar-refractivity contribution in [3.05, 3.63) is 29.7 Å². The third kappa shape index (κ3) is 2.65. The molecule has 6 heteroatoms. The van der Waals surface area contributed by atoms with Crippen LogP contribution in [0.1, 0.15) is 29.0 Å². The van der Waals surface area contributed by atoms with E-state index in [1.165, 1.54) is 20.0 Å². The lowest BCUT2D eigenvalue weighted by Crippen LogP contribution is -2.28. The molecule has 3 heterocycles. The van der Waals surface area contributed by atoms with Crippen LogP contribution < -0.4 is 5.32 Å². The van der Waals surface area contributed by atoms with Crippen LogP contribution in [-0.4, -0.2) is 40.8 Å². The van der Waals surface area contributed by atoms with E-state index in [1.54, 1.807) is 22.8 Å². The molecule has 1 aliphatic rings. The van der Waals surface area contributed by atoms with Gasteiger partial charge < -0.3 is 10.1 Å². The summed E-state index contributed by atoms with van der Waals surface area (Å²) < 4.78 is 6.42. The average Bonchev–Trinajstić information content (AvgIpc) is 2.88. The number of aromatic nitrogens is 3. The van der Waals surface area contributed by atoms with E-state index in [0.29, 0.717) is 17.1 Å². The van der Waals surface area contributed by atoms with Crippen LogP contribution in [0, 0.1) is 5.92 Å². The molecule has 2 aromatic rings. The van der Waals surface area contributed by atoms with Gasteiger partial charge >= 0.3 is 5.97 Å². The molecule has 0 radical (unpaired) electrons. The topological polar surface area (TPSA) is 68.5 Å². The second-order valence-corrected chi connectivity index (χ2v) is 5.14. The Kier molecular flexibility index (Phi) is 3.64. The first-order valence-corrected chi connectivity index (χ1v) is 6.90. The number of rotatable bonds is 3. The molecule has 0 bridgehead atoms. The van der Waals surface area contributed by atoms with E-state index in [2.05, 4.69) is 15.4 Å². The van der Waals surface area contributed by atoms with Crippen molar-refractivity contribution in [3.63, 3.8) is 0 Å². The van der Waals surface area contributed by atoms with Crippen molar-refractivity contribution in [2.75, 3.05) is 20.2 Å². The number of hydrogen-bond acceptors (Lipinski definition) is 5. The first-order chi connectivity index (χ1) is 9.76. The molecular formula is C14H18N4O2. The molecule has 3 rings (SSSR count). The van der Waals surface area contributed by atoms with Gasteiger partial charge in [-0.3, -0.25) is 0 Å². The number of ether oxygens (including phenoxy) is 1. The van der Waals surface area contributed by atoms with Gasteiger partial charge in [-0.05, 0) is 44.0 Å². The maximum Gasteiger partial charge on any atom is 0.338 e. The summed E-state index contributed by atoms with van der Waals surface area (Å²) in [5, 5.41) is 7.82. The molecule has 106 valence electrons. The summed E-state index contributed by atoms with van der Waals surface area (Å²) in [6, 6.07) is 3.41. The number of piperidine rings is 1. The van der Waals surface area contributed by atoms with Crippen LogP contribution in [0.3, 0.4) is 0 Å². The van der Waals surface area contributed by atoms with Crippen molar-refractivity contribution in [3.8, 4) is 0 Å². The van der Waals surface area contributed by atoms with E-state index < -0.39 is 0 Å². The van der Waals surface area contributed by atoms with Gasteiger partial charge in [-0.25, -0.2) is 14.3 Å². The van der Waals surface area contributed by atoms with Crippen molar-refractivity contribution in [2.45, 2.75) is 19.3 Å². The Morgan fingerprint density at radius 1 is 1.50 bits per heavy atom. The fourth-order valence-electron chi connectivity index (χ4n) is 2.60. The van der Waals surface area contributed by atoms with Gasteiger partial charge in [0.1, 0.15) is 0 Å². The van der Waals surface area contributed by atoms with Gasteiger partial charge in [0.05, 0.1) is 12.7 Å². The van der Waals surface area contributed by atoms with E-state index in [0.717, 1.165) is 25.3 Å². The average molecular weight is 274 g/mol. The standard InChI is InChI=1S/C14H18N4O2/c1-20-14(19)11-4-7-18-13(9-11)16-12(17-18)8-10-2-5-15-6-3-10/h4,7,9-10,15H,2-3,5-6,8H2,1H3. The Balaban J connectivity index is 1.81. The molecule has 0 amide bonds. The third-order valence-corrected chi connectivity index (χ3v) is 3.73. The van der Waals surface area contributed by atoms with Crippen molar-refractivity contribution in [1.82, 2.24) is 19.9 Å². The molecule has 0 spiro atoms. The smallest absolute Gasteiger partial charge is 0.338 e. The van der Waals surface area contributed by atoms with E-state index in [1.807, 2.05) is 0 Å². The van der Waals surface area contributed by atoms with E-state index >= 15 is 0 Å². The van der Waals surface area contributed by atoms with Gasteiger partial charge in [0, 0.05) is 12.6 Å². The monoisotopic (exact) mass is 274 g/mol. The van der Waals surface area contributed by atoms with Gasteiger partial charge in [0.15, 0.2) is 11.5 Å². The van der Waals surface area contributed by atoms with E-state index in [9.17, 15) is 4.79 Å². The van der Waals surface area contributed by atoms with Crippen LogP contribution in [0.2, 0.25) is 0 Å². The van der Waals surface area contributed by atoms with Crippen molar-refractivity contribution >= 4 is 11.6 Å². The molecule has 0 aliphatic carbocycles. The third-order valence-electron chi connectivity index (χ3n) is 3.73. The number of esters is 1. The number of nitrogens with zero attached hydrogens (tertiary/aromatic N) is 3. The second kappa shape index (κ2) is 5.58. The number of carbonyl (C=O) groups is 1. The maximum atomic E-state index is 11.5. The predicted molar refractivity (Wildman–Crippen MR) is 73.6 cm³/mol. The highest BCUT2D eigenvalue weighted by molar-refractivity contribution is 5.90. The first kappa shape index (κ1) is 13.1. The zero-order valence-corrected chi connectivity index (χ0v) is 11.5. The first-order valence-electron chi connectivity index (χ1n) is 6.90. The van der Waals surface area contributed by atoms with Crippen molar-refractivity contribution in [1.29, 1.82) is 0 Å². The molecule has 20 heavy (non-hydrogen) atoms. The molecule has 1 aliphatic heterocycles. The number of pyridine rings is 1. The summed E-state index contributed by atoms with van der Waals surface area (Å²) in [5.74, 6) is 1.14. The highest BCUT2D eigenvalue weighted by Gasteiger charge is 2.16. The molecule has 0 unspecified atom stereocenters. The summed E-state index contributed by atoms with van der Waals surface area (Å²) >= 11 is 0. The Bertz CT molecular complexity index is 617. The molecule has 0 aromatic carbocycles. The minimum Gasteiger partial charge on any atom is -0.465 e. The summed E-state index contributed by atoms with van der Waals surface area (Å²) in [4.78, 5) is 16.0. The SMILES string of the molecule is COC(=O)c1ccn2nc(CC3CCNCC3)nc2c1. The van der Waals surface area contributed by atoms with Crippen LogP contribution >= 0.6 is 0 Å². The summed E-state index contributed by atoms with van der Waals surface area (Å²) in [5.41, 5.74) is 1.19. The molecule has 0 saturated carbocycles. The number of nitrogens with one attached hydrogen (secondary N) is 1. The Morgan fingerprint density at radius 3 is 3.05 bits per heavy atom. The fraction of sp³-hybridized carbons (Fsp3) is 0.500. The van der Waals surface area contributed by atoms with Crippen LogP contribution in [0.4, 0.5) is 0 Å². The maximum absolute atomic E-state index is 11.5. The molecule has 6 nitrogen and oxygen atoms in total. The van der Waals surface area contributed by atoms with E-state index in [4.69, 9.17) is 4.74 Å². The van der Waals surface area contributed by atoms with Crippen molar-refractivity contribution < 1.29 is 9.53 Å². The van der Waals surface area contributed by atoms with Crippen LogP contribution in [0.25, 0.3) is 5.65 Å². The number of fused-ring (bicyclic) bond motifs is 1. The van der Waals surface area contributed by atoms with Crippen LogP contribution in [-0.2, 0) is 11.2 Å². The fourth-order valence-corrected chi connectivity index (χ4v) is 2.60. The van der Waals surface area contributed by atoms with Gasteiger partial charge in [0.2, 0.25) is 0 Å². The lowest BCUT2D eigenvalue weighted by Gasteiger charge is -2.20. The lowest BCUT2D eigenvalue weighted by molar-refractivity contribution is 0.0600. The summed E-state index contributed by atoms with van der Waals surface area (Å²) in [6.45, 7) is 2.15. The zero-order chi connectivity index (χ0) is 13.9. The number of carbonyl (C=O) groups excluding carboxylic acids is 1. The molecular weight excluding hydrogens is 256 g/mol. The van der Waals surface area contributed by atoms with E-state index in [-0.39, 0.29) is 5.97 Å². The largest absolute Gasteiger partial charge is 0.465 e. The quantitative estimate of drug-likeness (QED) is 0.848. The Hall–Kier alpha value is -1.95. The number of hydrogen-bond donors (Lipinski definition) is 1. The zero-order valence-electron chi connectivity index (χ0n) is 11.5. The molecule has 2 aromatic heterocycles. The molecule has 1 N–H and O–H groups in total. The lowest BCUT2D eigenvalue weighted by atomic mass is 9.94. The van der Waals surface area contributed by atoms with Crippen molar-refractivity contribution in [2.24, 2.45) is 5.92 Å². The number of methoxy groups -OCH3 is 1. The summed E-state index contributed by atoms with van der Waals surface area (Å²) in [7, 11) is 1.37. The van der Waals surface area contributed by atoms with Gasteiger partial charge in [0.25, 0.3) is 0 Å². The van der Waals surface area contributed by atoms with Gasteiger partial charge in [-0.2, -0.15) is 5.10 Å². The highest BCUT2D eigenvalue weighted by atomic mass is 16.5. The molecule has 1 saturated heterocycles.